The summed E-state index contributed by atoms with van der Waals surface area (Å²) in [6, 6.07) is 12.9. The molecule has 2 N–H and O–H groups in total. The quantitative estimate of drug-likeness (QED) is 0.347. The molecule has 0 aliphatic heterocycles. The van der Waals surface area contributed by atoms with Crippen molar-refractivity contribution in [3.63, 3.8) is 0 Å². The van der Waals surface area contributed by atoms with E-state index < -0.39 is 0 Å². The normalized spacial score (nSPS) is 13.2. The molecule has 0 spiro atoms. The first-order chi connectivity index (χ1) is 13.6. The van der Waals surface area contributed by atoms with Crippen molar-refractivity contribution in [2.24, 2.45) is 4.99 Å². The van der Waals surface area contributed by atoms with Gasteiger partial charge in [-0.05, 0) is 51.0 Å². The van der Waals surface area contributed by atoms with E-state index in [1.54, 1.807) is 11.3 Å². The molecule has 1 unspecified atom stereocenters. The van der Waals surface area contributed by atoms with Crippen molar-refractivity contribution in [2.45, 2.75) is 25.9 Å². The average molecular weight is 399 g/mol. The minimum atomic E-state index is 0.332. The van der Waals surface area contributed by atoms with Gasteiger partial charge in [0, 0.05) is 31.6 Å². The van der Waals surface area contributed by atoms with Crippen molar-refractivity contribution in [3.05, 3.63) is 52.5 Å². The third-order valence-corrected chi connectivity index (χ3v) is 5.85. The van der Waals surface area contributed by atoms with E-state index in [1.165, 1.54) is 10.4 Å². The van der Waals surface area contributed by atoms with Crippen LogP contribution in [0.2, 0.25) is 0 Å². The van der Waals surface area contributed by atoms with Crippen LogP contribution in [0.4, 0.5) is 0 Å². The van der Waals surface area contributed by atoms with Gasteiger partial charge >= 0.3 is 0 Å². The van der Waals surface area contributed by atoms with Gasteiger partial charge < -0.3 is 20.1 Å². The number of guanidine groups is 1. The molecular weight excluding hydrogens is 368 g/mol. The van der Waals surface area contributed by atoms with Crippen LogP contribution in [0.15, 0.2) is 46.8 Å². The number of imidazole rings is 1. The third-order valence-electron chi connectivity index (χ3n) is 4.88. The molecule has 0 bridgehead atoms. The summed E-state index contributed by atoms with van der Waals surface area (Å²) in [4.78, 5) is 12.6. The van der Waals surface area contributed by atoms with Crippen molar-refractivity contribution < 1.29 is 0 Å². The number of hydrogen-bond donors (Lipinski definition) is 2. The molecule has 2 heterocycles. The minimum absolute atomic E-state index is 0.332. The lowest BCUT2D eigenvalue weighted by Crippen LogP contribution is -2.42. The van der Waals surface area contributed by atoms with E-state index in [0.717, 1.165) is 43.4 Å². The molecule has 7 heteroatoms. The van der Waals surface area contributed by atoms with Gasteiger partial charge in [-0.1, -0.05) is 18.2 Å². The Hall–Kier alpha value is -2.38. The third kappa shape index (κ3) is 4.91. The molecule has 0 saturated carbocycles. The number of rotatable bonds is 8. The number of para-hydroxylation sites is 2. The molecule has 1 atom stereocenters. The summed E-state index contributed by atoms with van der Waals surface area (Å²) in [5.74, 6) is 1.91. The highest BCUT2D eigenvalue weighted by molar-refractivity contribution is 7.10. The second-order valence-corrected chi connectivity index (χ2v) is 8.01. The Morgan fingerprint density at radius 3 is 2.75 bits per heavy atom. The maximum Gasteiger partial charge on any atom is 0.191 e. The lowest BCUT2D eigenvalue weighted by Gasteiger charge is -2.24. The van der Waals surface area contributed by atoms with Gasteiger partial charge in [0.1, 0.15) is 5.82 Å². The molecule has 3 rings (SSSR count). The molecule has 1 aromatic carbocycles. The zero-order valence-corrected chi connectivity index (χ0v) is 18.0. The first-order valence-electron chi connectivity index (χ1n) is 9.66. The summed E-state index contributed by atoms with van der Waals surface area (Å²) >= 11 is 1.79. The van der Waals surface area contributed by atoms with Gasteiger partial charge in [-0.15, -0.1) is 11.3 Å². The minimum Gasteiger partial charge on any atom is -0.356 e. The van der Waals surface area contributed by atoms with Crippen molar-refractivity contribution in [1.82, 2.24) is 25.1 Å². The molecule has 3 aromatic rings. The van der Waals surface area contributed by atoms with Crippen LogP contribution in [0, 0.1) is 6.92 Å². The van der Waals surface area contributed by atoms with Crippen molar-refractivity contribution in [1.29, 1.82) is 0 Å². The molecule has 0 saturated heterocycles. The molecule has 2 aromatic heterocycles. The summed E-state index contributed by atoms with van der Waals surface area (Å²) in [5.41, 5.74) is 2.26. The Balaban J connectivity index is 1.48. The first kappa shape index (κ1) is 20.4. The van der Waals surface area contributed by atoms with Crippen LogP contribution in [0.3, 0.4) is 0 Å². The monoisotopic (exact) mass is 398 g/mol. The lowest BCUT2D eigenvalue weighted by molar-refractivity contribution is 0.302. The summed E-state index contributed by atoms with van der Waals surface area (Å²) in [7, 11) is 6.04. The first-order valence-corrected chi connectivity index (χ1v) is 10.5. The molecule has 0 radical (unpaired) electrons. The van der Waals surface area contributed by atoms with Gasteiger partial charge in [-0.25, -0.2) is 4.98 Å². The summed E-state index contributed by atoms with van der Waals surface area (Å²) < 4.78 is 2.28. The highest BCUT2D eigenvalue weighted by Gasteiger charge is 2.15. The molecule has 0 aliphatic rings. The molecule has 150 valence electrons. The van der Waals surface area contributed by atoms with Crippen molar-refractivity contribution in [3.8, 4) is 0 Å². The van der Waals surface area contributed by atoms with Crippen LogP contribution in [0.1, 0.15) is 23.2 Å². The molecule has 28 heavy (non-hydrogen) atoms. The Morgan fingerprint density at radius 1 is 1.21 bits per heavy atom. The standard InChI is InChI=1S/C21H30N6S/c1-16-25-17-9-5-6-10-18(17)27(16)13-8-12-23-21(22-2)24-15-19(26(3)4)20-11-7-14-28-20/h5-7,9-11,14,19H,8,12-13,15H2,1-4H3,(H2,22,23,24). The van der Waals surface area contributed by atoms with Crippen LogP contribution in [-0.2, 0) is 6.54 Å². The van der Waals surface area contributed by atoms with Gasteiger partial charge in [0.05, 0.1) is 17.1 Å². The Kier molecular flexibility index (Phi) is 7.06. The predicted molar refractivity (Wildman–Crippen MR) is 119 cm³/mol. The highest BCUT2D eigenvalue weighted by atomic mass is 32.1. The van der Waals surface area contributed by atoms with Crippen molar-refractivity contribution in [2.75, 3.05) is 34.2 Å². The number of likely N-dealkylation sites (N-methyl/N-ethyl adjacent to an activating group) is 1. The summed E-state index contributed by atoms with van der Waals surface area (Å²) in [6.45, 7) is 4.68. The Labute approximate surface area is 171 Å². The number of thiophene rings is 1. The Morgan fingerprint density at radius 2 is 2.04 bits per heavy atom. The SMILES string of the molecule is CN=C(NCCCn1c(C)nc2ccccc21)NCC(c1cccs1)N(C)C. The van der Waals surface area contributed by atoms with Gasteiger partial charge in [0.2, 0.25) is 0 Å². The second kappa shape index (κ2) is 9.71. The fraction of sp³-hybridized carbons (Fsp3) is 0.429. The molecular formula is C21H30N6S. The average Bonchev–Trinajstić information content (AvgIpc) is 3.31. The topological polar surface area (TPSA) is 57.5 Å². The fourth-order valence-corrected chi connectivity index (χ4v) is 4.28. The molecule has 0 aliphatic carbocycles. The van der Waals surface area contributed by atoms with Crippen LogP contribution >= 0.6 is 11.3 Å². The number of aliphatic imine (C=N–C) groups is 1. The van der Waals surface area contributed by atoms with E-state index in [1.807, 2.05) is 13.1 Å². The number of nitrogens with zero attached hydrogens (tertiary/aromatic N) is 4. The number of fused-ring (bicyclic) bond motifs is 1. The predicted octanol–water partition coefficient (Wildman–Crippen LogP) is 3.26. The number of aryl methyl sites for hydroxylation is 2. The zero-order chi connectivity index (χ0) is 19.9. The van der Waals surface area contributed by atoms with Gasteiger partial charge in [-0.2, -0.15) is 0 Å². The van der Waals surface area contributed by atoms with Crippen LogP contribution in [0.25, 0.3) is 11.0 Å². The fourth-order valence-electron chi connectivity index (χ4n) is 3.35. The molecule has 0 amide bonds. The summed E-state index contributed by atoms with van der Waals surface area (Å²) in [6.07, 6.45) is 1.00. The number of benzene rings is 1. The van der Waals surface area contributed by atoms with Gasteiger partial charge in [0.25, 0.3) is 0 Å². The zero-order valence-electron chi connectivity index (χ0n) is 17.1. The van der Waals surface area contributed by atoms with Crippen LogP contribution in [0.5, 0.6) is 0 Å². The van der Waals surface area contributed by atoms with Crippen LogP contribution < -0.4 is 10.6 Å². The molecule has 0 fully saturated rings. The number of aromatic nitrogens is 2. The second-order valence-electron chi connectivity index (χ2n) is 7.03. The lowest BCUT2D eigenvalue weighted by atomic mass is 10.2. The van der Waals surface area contributed by atoms with E-state index >= 15 is 0 Å². The maximum absolute atomic E-state index is 4.64. The number of nitrogens with one attached hydrogen (secondary N) is 2. The van der Waals surface area contributed by atoms with Gasteiger partial charge in [0.15, 0.2) is 5.96 Å². The van der Waals surface area contributed by atoms with Crippen LogP contribution in [-0.4, -0.2) is 54.6 Å². The Bertz CT molecular complexity index is 897. The van der Waals surface area contributed by atoms with E-state index in [0.29, 0.717) is 6.04 Å². The van der Waals surface area contributed by atoms with E-state index in [-0.39, 0.29) is 0 Å². The number of hydrogen-bond acceptors (Lipinski definition) is 4. The largest absolute Gasteiger partial charge is 0.356 e. The maximum atomic E-state index is 4.64. The molecule has 6 nitrogen and oxygen atoms in total. The highest BCUT2D eigenvalue weighted by Crippen LogP contribution is 2.22. The van der Waals surface area contributed by atoms with E-state index in [4.69, 9.17) is 0 Å². The summed E-state index contributed by atoms with van der Waals surface area (Å²) in [5, 5.41) is 9.01. The van der Waals surface area contributed by atoms with E-state index in [9.17, 15) is 0 Å². The van der Waals surface area contributed by atoms with Crippen molar-refractivity contribution >= 4 is 28.3 Å². The van der Waals surface area contributed by atoms with E-state index in [2.05, 4.69) is 86.8 Å². The van der Waals surface area contributed by atoms with Gasteiger partial charge in [-0.3, -0.25) is 4.99 Å². The smallest absolute Gasteiger partial charge is 0.191 e.